The first-order valence-electron chi connectivity index (χ1n) is 5.20. The van der Waals surface area contributed by atoms with Crippen molar-refractivity contribution in [3.05, 3.63) is 40.8 Å². The highest BCUT2D eigenvalue weighted by molar-refractivity contribution is 5.53. The van der Waals surface area contributed by atoms with Gasteiger partial charge in [-0.1, -0.05) is 0 Å². The van der Waals surface area contributed by atoms with E-state index in [4.69, 9.17) is 4.74 Å². The molecule has 2 aromatic rings. The third-order valence-corrected chi connectivity index (χ3v) is 2.46. The van der Waals surface area contributed by atoms with E-state index < -0.39 is 5.54 Å². The van der Waals surface area contributed by atoms with Crippen molar-refractivity contribution in [2.45, 2.75) is 19.4 Å². The Labute approximate surface area is 98.0 Å². The molecule has 0 saturated heterocycles. The molecule has 0 amide bonds. The van der Waals surface area contributed by atoms with Gasteiger partial charge in [-0.15, -0.1) is 0 Å². The zero-order valence-electron chi connectivity index (χ0n) is 9.66. The predicted molar refractivity (Wildman–Crippen MR) is 61.8 cm³/mol. The Kier molecular flexibility index (Phi) is 2.71. The molecular formula is C11H13N3O3. The highest BCUT2D eigenvalue weighted by atomic mass is 16.6. The monoisotopic (exact) mass is 235 g/mol. The molecule has 0 bridgehead atoms. The molecule has 0 radical (unpaired) electrons. The first-order chi connectivity index (χ1) is 8.00. The number of imidazole rings is 1. The molecule has 0 aliphatic carbocycles. The van der Waals surface area contributed by atoms with Crippen LogP contribution < -0.4 is 4.74 Å². The summed E-state index contributed by atoms with van der Waals surface area (Å²) in [5, 5.41) is 10.8. The third kappa shape index (κ3) is 2.20. The van der Waals surface area contributed by atoms with Gasteiger partial charge in [0.1, 0.15) is 0 Å². The van der Waals surface area contributed by atoms with Crippen molar-refractivity contribution in [1.29, 1.82) is 0 Å². The summed E-state index contributed by atoms with van der Waals surface area (Å²) in [6.07, 6.45) is 5.29. The number of ether oxygens (including phenoxy) is 1. The predicted octanol–water partition coefficient (Wildman–Crippen LogP) is 1.77. The zero-order chi connectivity index (χ0) is 12.5. The standard InChI is InChI=1S/C11H13N3O3/c1-11(2,14(15)16)8-17-9-4-3-6-13-7-5-12-10(9)13/h3-7H,8H2,1-2H3. The molecule has 2 rings (SSSR count). The lowest BCUT2D eigenvalue weighted by Crippen LogP contribution is -2.37. The Morgan fingerprint density at radius 1 is 1.53 bits per heavy atom. The van der Waals surface area contributed by atoms with E-state index in [0.717, 1.165) is 0 Å². The number of hydrogen-bond donors (Lipinski definition) is 0. The van der Waals surface area contributed by atoms with Gasteiger partial charge in [0.15, 0.2) is 18.0 Å². The van der Waals surface area contributed by atoms with Gasteiger partial charge in [-0.3, -0.25) is 10.1 Å². The molecule has 17 heavy (non-hydrogen) atoms. The van der Waals surface area contributed by atoms with Crippen LogP contribution in [0, 0.1) is 10.1 Å². The minimum Gasteiger partial charge on any atom is -0.482 e. The SMILES string of the molecule is CC(C)(COc1cccn2ccnc12)[N+](=O)[O-]. The first-order valence-corrected chi connectivity index (χ1v) is 5.20. The van der Waals surface area contributed by atoms with Gasteiger partial charge in [-0.2, -0.15) is 0 Å². The lowest BCUT2D eigenvalue weighted by atomic mass is 10.1. The van der Waals surface area contributed by atoms with Crippen LogP contribution in [-0.4, -0.2) is 26.5 Å². The molecule has 0 N–H and O–H groups in total. The second kappa shape index (κ2) is 4.04. The van der Waals surface area contributed by atoms with E-state index >= 15 is 0 Å². The van der Waals surface area contributed by atoms with E-state index in [0.29, 0.717) is 11.4 Å². The fourth-order valence-electron chi connectivity index (χ4n) is 1.34. The van der Waals surface area contributed by atoms with Gasteiger partial charge in [-0.05, 0) is 12.1 Å². The van der Waals surface area contributed by atoms with Crippen LogP contribution in [0.1, 0.15) is 13.8 Å². The van der Waals surface area contributed by atoms with Crippen LogP contribution in [0.25, 0.3) is 5.65 Å². The maximum absolute atomic E-state index is 10.8. The number of rotatable bonds is 4. The van der Waals surface area contributed by atoms with E-state index in [-0.39, 0.29) is 11.5 Å². The number of fused-ring (bicyclic) bond motifs is 1. The summed E-state index contributed by atoms with van der Waals surface area (Å²) in [4.78, 5) is 14.5. The summed E-state index contributed by atoms with van der Waals surface area (Å²) in [5.74, 6) is 0.549. The Hall–Kier alpha value is -2.11. The molecular weight excluding hydrogens is 222 g/mol. The molecule has 90 valence electrons. The molecule has 0 spiro atoms. The molecule has 0 aromatic carbocycles. The molecule has 0 aliphatic rings. The quantitative estimate of drug-likeness (QED) is 0.598. The Morgan fingerprint density at radius 3 is 3.00 bits per heavy atom. The van der Waals surface area contributed by atoms with Crippen molar-refractivity contribution in [3.63, 3.8) is 0 Å². The van der Waals surface area contributed by atoms with E-state index in [1.807, 2.05) is 12.3 Å². The lowest BCUT2D eigenvalue weighted by molar-refractivity contribution is -0.562. The van der Waals surface area contributed by atoms with Gasteiger partial charge < -0.3 is 9.14 Å². The van der Waals surface area contributed by atoms with Crippen LogP contribution in [0.2, 0.25) is 0 Å². The van der Waals surface area contributed by atoms with Crippen molar-refractivity contribution in [2.24, 2.45) is 0 Å². The summed E-state index contributed by atoms with van der Waals surface area (Å²) < 4.78 is 7.28. The minimum atomic E-state index is -1.11. The summed E-state index contributed by atoms with van der Waals surface area (Å²) in [7, 11) is 0. The van der Waals surface area contributed by atoms with Crippen molar-refractivity contribution < 1.29 is 9.66 Å². The Bertz CT molecular complexity index is 548. The summed E-state index contributed by atoms with van der Waals surface area (Å²) in [6, 6.07) is 3.56. The number of aromatic nitrogens is 2. The van der Waals surface area contributed by atoms with E-state index in [2.05, 4.69) is 4.98 Å². The topological polar surface area (TPSA) is 69.7 Å². The number of hydrogen-bond acceptors (Lipinski definition) is 4. The van der Waals surface area contributed by atoms with E-state index in [9.17, 15) is 10.1 Å². The molecule has 0 atom stereocenters. The van der Waals surface area contributed by atoms with Crippen molar-refractivity contribution >= 4 is 5.65 Å². The van der Waals surface area contributed by atoms with Crippen molar-refractivity contribution in [1.82, 2.24) is 9.38 Å². The van der Waals surface area contributed by atoms with Gasteiger partial charge in [0, 0.05) is 37.4 Å². The first kappa shape index (κ1) is 11.4. The molecule has 0 aliphatic heterocycles. The molecule has 6 heteroatoms. The van der Waals surface area contributed by atoms with Gasteiger partial charge in [0.2, 0.25) is 5.54 Å². The maximum atomic E-state index is 10.8. The number of nitrogens with zero attached hydrogens (tertiary/aromatic N) is 3. The Balaban J connectivity index is 2.19. The number of nitro groups is 1. The fourth-order valence-corrected chi connectivity index (χ4v) is 1.34. The van der Waals surface area contributed by atoms with Crippen LogP contribution in [-0.2, 0) is 0 Å². The molecule has 2 aromatic heterocycles. The highest BCUT2D eigenvalue weighted by Crippen LogP contribution is 2.19. The second-order valence-corrected chi connectivity index (χ2v) is 4.39. The van der Waals surface area contributed by atoms with Gasteiger partial charge in [-0.25, -0.2) is 4.98 Å². The average molecular weight is 235 g/mol. The molecule has 0 saturated carbocycles. The highest BCUT2D eigenvalue weighted by Gasteiger charge is 2.32. The second-order valence-electron chi connectivity index (χ2n) is 4.39. The zero-order valence-corrected chi connectivity index (χ0v) is 9.66. The largest absolute Gasteiger partial charge is 0.482 e. The Morgan fingerprint density at radius 2 is 2.29 bits per heavy atom. The van der Waals surface area contributed by atoms with Crippen molar-refractivity contribution in [2.75, 3.05) is 6.61 Å². The maximum Gasteiger partial charge on any atom is 0.250 e. The van der Waals surface area contributed by atoms with Crippen LogP contribution in [0.15, 0.2) is 30.7 Å². The van der Waals surface area contributed by atoms with Gasteiger partial charge in [0.25, 0.3) is 0 Å². The molecule has 2 heterocycles. The number of pyridine rings is 1. The summed E-state index contributed by atoms with van der Waals surface area (Å²) in [6.45, 7) is 3.06. The van der Waals surface area contributed by atoms with Crippen molar-refractivity contribution in [3.8, 4) is 5.75 Å². The van der Waals surface area contributed by atoms with Crippen LogP contribution >= 0.6 is 0 Å². The summed E-state index contributed by atoms with van der Waals surface area (Å²) >= 11 is 0. The summed E-state index contributed by atoms with van der Waals surface area (Å²) in [5.41, 5.74) is -0.453. The van der Waals surface area contributed by atoms with Crippen LogP contribution in [0.4, 0.5) is 0 Å². The third-order valence-electron chi connectivity index (χ3n) is 2.46. The van der Waals surface area contributed by atoms with Crippen LogP contribution in [0.3, 0.4) is 0 Å². The fraction of sp³-hybridized carbons (Fsp3) is 0.364. The molecule has 6 nitrogen and oxygen atoms in total. The van der Waals surface area contributed by atoms with E-state index in [1.54, 1.807) is 22.9 Å². The average Bonchev–Trinajstić information content (AvgIpc) is 2.74. The smallest absolute Gasteiger partial charge is 0.250 e. The minimum absolute atomic E-state index is 0.00648. The normalized spacial score (nSPS) is 11.6. The van der Waals surface area contributed by atoms with E-state index in [1.165, 1.54) is 13.8 Å². The van der Waals surface area contributed by atoms with Gasteiger partial charge in [0.05, 0.1) is 0 Å². The lowest BCUT2D eigenvalue weighted by Gasteiger charge is -2.16. The van der Waals surface area contributed by atoms with Crippen LogP contribution in [0.5, 0.6) is 5.75 Å². The molecule has 0 fully saturated rings. The molecule has 0 unspecified atom stereocenters. The van der Waals surface area contributed by atoms with Gasteiger partial charge >= 0.3 is 0 Å².